The van der Waals surface area contributed by atoms with E-state index in [-0.39, 0.29) is 24.5 Å². The van der Waals surface area contributed by atoms with E-state index in [1.54, 1.807) is 12.0 Å². The molecule has 1 aliphatic heterocycles. The van der Waals surface area contributed by atoms with Gasteiger partial charge in [0.1, 0.15) is 5.75 Å². The molecule has 2 N–H and O–H groups in total. The predicted octanol–water partition coefficient (Wildman–Crippen LogP) is 1.82. The molecule has 1 heterocycles. The van der Waals surface area contributed by atoms with Gasteiger partial charge in [0.05, 0.1) is 7.11 Å². The number of ether oxygens (including phenoxy) is 1. The van der Waals surface area contributed by atoms with E-state index in [1.807, 2.05) is 24.3 Å². The second-order valence-electron chi connectivity index (χ2n) is 5.61. The highest BCUT2D eigenvalue weighted by molar-refractivity contribution is 5.74. The molecule has 5 heteroatoms. The van der Waals surface area contributed by atoms with E-state index in [0.717, 1.165) is 24.3 Å². The quantitative estimate of drug-likeness (QED) is 0.870. The molecule has 0 aliphatic carbocycles. The van der Waals surface area contributed by atoms with Crippen molar-refractivity contribution < 1.29 is 14.6 Å². The topological polar surface area (TPSA) is 61.8 Å². The number of rotatable bonds is 5. The molecule has 5 nitrogen and oxygen atoms in total. The number of urea groups is 1. The average Bonchev–Trinajstić information content (AvgIpc) is 3.01. The van der Waals surface area contributed by atoms with Crippen molar-refractivity contribution in [2.24, 2.45) is 5.92 Å². The van der Waals surface area contributed by atoms with Crippen molar-refractivity contribution in [1.29, 1.82) is 0 Å². The van der Waals surface area contributed by atoms with E-state index >= 15 is 0 Å². The van der Waals surface area contributed by atoms with Gasteiger partial charge in [-0.2, -0.15) is 0 Å². The van der Waals surface area contributed by atoms with Crippen molar-refractivity contribution in [3.63, 3.8) is 0 Å². The van der Waals surface area contributed by atoms with Gasteiger partial charge in [-0.05, 0) is 18.1 Å². The Hall–Kier alpha value is -1.75. The predicted molar refractivity (Wildman–Crippen MR) is 81.6 cm³/mol. The number of hydrogen-bond donors (Lipinski definition) is 2. The zero-order valence-corrected chi connectivity index (χ0v) is 12.7. The number of hydrogen-bond acceptors (Lipinski definition) is 3. The van der Waals surface area contributed by atoms with Gasteiger partial charge in [-0.1, -0.05) is 25.1 Å². The molecule has 0 radical (unpaired) electrons. The van der Waals surface area contributed by atoms with Crippen LogP contribution in [0.3, 0.4) is 0 Å². The lowest BCUT2D eigenvalue weighted by Crippen LogP contribution is -2.40. The molecule has 2 unspecified atom stereocenters. The van der Waals surface area contributed by atoms with E-state index in [9.17, 15) is 4.79 Å². The number of aliphatic hydroxyl groups excluding tert-OH is 1. The fourth-order valence-corrected chi connectivity index (χ4v) is 2.70. The maximum atomic E-state index is 12.1. The Bertz CT molecular complexity index is 478. The number of likely N-dealkylation sites (tertiary alicyclic amines) is 1. The van der Waals surface area contributed by atoms with Crippen LogP contribution in [0.4, 0.5) is 4.79 Å². The first kappa shape index (κ1) is 15.6. The van der Waals surface area contributed by atoms with E-state index in [2.05, 4.69) is 12.2 Å². The Morgan fingerprint density at radius 1 is 1.52 bits per heavy atom. The van der Waals surface area contributed by atoms with Gasteiger partial charge in [-0.25, -0.2) is 4.79 Å². The van der Waals surface area contributed by atoms with Crippen LogP contribution in [-0.2, 0) is 0 Å². The zero-order valence-electron chi connectivity index (χ0n) is 12.7. The van der Waals surface area contributed by atoms with E-state index in [0.29, 0.717) is 13.1 Å². The maximum Gasteiger partial charge on any atom is 0.317 e. The molecule has 116 valence electrons. The summed E-state index contributed by atoms with van der Waals surface area (Å²) in [6.07, 6.45) is 0.881. The standard InChI is InChI=1S/C16H24N2O3/c1-12(14-5-3-4-6-15(14)21-2)9-17-16(20)18-8-7-13(10-18)11-19/h3-6,12-13,19H,7-11H2,1-2H3,(H,17,20). The first-order chi connectivity index (χ1) is 10.2. The minimum absolute atomic E-state index is 0.0484. The number of carbonyl (C=O) groups is 1. The monoisotopic (exact) mass is 292 g/mol. The summed E-state index contributed by atoms with van der Waals surface area (Å²) in [5.41, 5.74) is 1.09. The normalized spacial score (nSPS) is 19.4. The molecule has 0 saturated carbocycles. The first-order valence-corrected chi connectivity index (χ1v) is 7.42. The third kappa shape index (κ3) is 3.88. The molecule has 2 amide bonds. The lowest BCUT2D eigenvalue weighted by atomic mass is 10.0. The zero-order chi connectivity index (χ0) is 15.2. The Balaban J connectivity index is 1.86. The van der Waals surface area contributed by atoms with Gasteiger partial charge in [0.2, 0.25) is 0 Å². The summed E-state index contributed by atoms with van der Waals surface area (Å²) in [6, 6.07) is 7.82. The summed E-state index contributed by atoms with van der Waals surface area (Å²) in [6.45, 7) is 4.16. The SMILES string of the molecule is COc1ccccc1C(C)CNC(=O)N1CCC(CO)C1. The molecule has 0 spiro atoms. The van der Waals surface area contributed by atoms with Crippen LogP contribution in [0.15, 0.2) is 24.3 Å². The molecule has 0 aromatic heterocycles. The summed E-state index contributed by atoms with van der Waals surface area (Å²) >= 11 is 0. The number of benzene rings is 1. The second kappa shape index (κ2) is 7.31. The summed E-state index contributed by atoms with van der Waals surface area (Å²) in [5.74, 6) is 1.25. The smallest absolute Gasteiger partial charge is 0.317 e. The molecule has 1 aromatic carbocycles. The largest absolute Gasteiger partial charge is 0.496 e. The number of amides is 2. The maximum absolute atomic E-state index is 12.1. The van der Waals surface area contributed by atoms with E-state index < -0.39 is 0 Å². The summed E-state index contributed by atoms with van der Waals surface area (Å²) in [5, 5.41) is 12.1. The highest BCUT2D eigenvalue weighted by Crippen LogP contribution is 2.25. The fraction of sp³-hybridized carbons (Fsp3) is 0.562. The van der Waals surface area contributed by atoms with Gasteiger partial charge >= 0.3 is 6.03 Å². The minimum atomic E-state index is -0.0484. The molecule has 0 bridgehead atoms. The Morgan fingerprint density at radius 2 is 2.29 bits per heavy atom. The molecule has 2 rings (SSSR count). The van der Waals surface area contributed by atoms with Crippen molar-refractivity contribution >= 4 is 6.03 Å². The molecule has 1 fully saturated rings. The van der Waals surface area contributed by atoms with E-state index in [1.165, 1.54) is 0 Å². The number of aliphatic hydroxyl groups is 1. The lowest BCUT2D eigenvalue weighted by molar-refractivity contribution is 0.198. The molecular formula is C16H24N2O3. The van der Waals surface area contributed by atoms with Gasteiger partial charge in [-0.15, -0.1) is 0 Å². The van der Waals surface area contributed by atoms with Crippen molar-refractivity contribution in [3.8, 4) is 5.75 Å². The molecule has 2 atom stereocenters. The summed E-state index contributed by atoms with van der Waals surface area (Å²) < 4.78 is 5.35. The molecule has 1 saturated heterocycles. The van der Waals surface area contributed by atoms with Gasteiger partial charge in [-0.3, -0.25) is 0 Å². The van der Waals surface area contributed by atoms with Crippen molar-refractivity contribution in [1.82, 2.24) is 10.2 Å². The fourth-order valence-electron chi connectivity index (χ4n) is 2.70. The van der Waals surface area contributed by atoms with Crippen LogP contribution < -0.4 is 10.1 Å². The summed E-state index contributed by atoms with van der Waals surface area (Å²) in [7, 11) is 1.66. The highest BCUT2D eigenvalue weighted by atomic mass is 16.5. The van der Waals surface area contributed by atoms with Crippen LogP contribution in [0.25, 0.3) is 0 Å². The Kier molecular flexibility index (Phi) is 5.44. The number of para-hydroxylation sites is 1. The Labute approximate surface area is 125 Å². The van der Waals surface area contributed by atoms with Crippen LogP contribution in [0, 0.1) is 5.92 Å². The third-order valence-corrected chi connectivity index (χ3v) is 4.06. The number of nitrogens with zero attached hydrogens (tertiary/aromatic N) is 1. The number of methoxy groups -OCH3 is 1. The summed E-state index contributed by atoms with van der Waals surface area (Å²) in [4.78, 5) is 13.9. The van der Waals surface area contributed by atoms with Crippen LogP contribution >= 0.6 is 0 Å². The van der Waals surface area contributed by atoms with Gasteiger partial charge in [0.15, 0.2) is 0 Å². The molecule has 1 aromatic rings. The molecule has 1 aliphatic rings. The van der Waals surface area contributed by atoms with Crippen LogP contribution in [0.2, 0.25) is 0 Å². The second-order valence-corrected chi connectivity index (χ2v) is 5.61. The van der Waals surface area contributed by atoms with E-state index in [4.69, 9.17) is 9.84 Å². The molecule has 21 heavy (non-hydrogen) atoms. The number of nitrogens with one attached hydrogen (secondary N) is 1. The minimum Gasteiger partial charge on any atom is -0.496 e. The van der Waals surface area contributed by atoms with Crippen molar-refractivity contribution in [2.75, 3.05) is 33.4 Å². The molecular weight excluding hydrogens is 268 g/mol. The van der Waals surface area contributed by atoms with Gasteiger partial charge < -0.3 is 20.1 Å². The first-order valence-electron chi connectivity index (χ1n) is 7.42. The number of carbonyl (C=O) groups excluding carboxylic acids is 1. The van der Waals surface area contributed by atoms with Crippen LogP contribution in [0.5, 0.6) is 5.75 Å². The van der Waals surface area contributed by atoms with Crippen LogP contribution in [0.1, 0.15) is 24.8 Å². The average molecular weight is 292 g/mol. The Morgan fingerprint density at radius 3 is 2.95 bits per heavy atom. The van der Waals surface area contributed by atoms with Crippen molar-refractivity contribution in [2.45, 2.75) is 19.3 Å². The third-order valence-electron chi connectivity index (χ3n) is 4.06. The van der Waals surface area contributed by atoms with Gasteiger partial charge in [0, 0.05) is 38.1 Å². The highest BCUT2D eigenvalue weighted by Gasteiger charge is 2.25. The van der Waals surface area contributed by atoms with Crippen molar-refractivity contribution in [3.05, 3.63) is 29.8 Å². The van der Waals surface area contributed by atoms with Crippen LogP contribution in [-0.4, -0.2) is 49.4 Å². The van der Waals surface area contributed by atoms with Gasteiger partial charge in [0.25, 0.3) is 0 Å². The lowest BCUT2D eigenvalue weighted by Gasteiger charge is -2.20.